The van der Waals surface area contributed by atoms with Crippen molar-refractivity contribution >= 4 is 24.0 Å². The smallest absolute Gasteiger partial charge is 0.251 e. The van der Waals surface area contributed by atoms with Gasteiger partial charge in [0.05, 0.1) is 6.10 Å². The molecule has 0 aromatic heterocycles. The van der Waals surface area contributed by atoms with E-state index in [-0.39, 0.29) is 24.4 Å². The molecule has 1 atom stereocenters. The first-order valence-corrected chi connectivity index (χ1v) is 6.01. The van der Waals surface area contributed by atoms with Gasteiger partial charge in [-0.2, -0.15) is 0 Å². The van der Waals surface area contributed by atoms with E-state index in [1.54, 1.807) is 24.3 Å². The lowest BCUT2D eigenvalue weighted by Gasteiger charge is -2.22. The number of rotatable bonds is 3. The van der Waals surface area contributed by atoms with Gasteiger partial charge in [-0.05, 0) is 43.5 Å². The molecule has 1 aromatic rings. The number of amides is 1. The standard InChI is InChI=1S/C13H18N2O2.ClH/c14-11-6-4-10(5-7-11)13(16)15-9-12-3-1-2-8-17-12;/h4-7,12H,1-3,8-9,14H2,(H,15,16);1H. The van der Waals surface area contributed by atoms with Gasteiger partial charge < -0.3 is 15.8 Å². The van der Waals surface area contributed by atoms with Crippen LogP contribution in [-0.4, -0.2) is 25.2 Å². The molecule has 1 aromatic carbocycles. The minimum absolute atomic E-state index is 0. The number of carbonyl (C=O) groups excluding carboxylic acids is 1. The molecule has 4 nitrogen and oxygen atoms in total. The summed E-state index contributed by atoms with van der Waals surface area (Å²) < 4.78 is 5.55. The fraction of sp³-hybridized carbons (Fsp3) is 0.462. The van der Waals surface area contributed by atoms with Gasteiger partial charge >= 0.3 is 0 Å². The van der Waals surface area contributed by atoms with E-state index in [1.807, 2.05) is 0 Å². The average Bonchev–Trinajstić information content (AvgIpc) is 2.38. The highest BCUT2D eigenvalue weighted by Crippen LogP contribution is 2.12. The fourth-order valence-corrected chi connectivity index (χ4v) is 1.91. The molecule has 1 fully saturated rings. The number of ether oxygens (including phenoxy) is 1. The third-order valence-corrected chi connectivity index (χ3v) is 2.94. The van der Waals surface area contributed by atoms with Crippen molar-refractivity contribution in [3.63, 3.8) is 0 Å². The first-order valence-electron chi connectivity index (χ1n) is 6.01. The highest BCUT2D eigenvalue weighted by molar-refractivity contribution is 5.94. The minimum Gasteiger partial charge on any atom is -0.399 e. The second-order valence-corrected chi connectivity index (χ2v) is 4.32. The number of nitrogens with two attached hydrogens (primary N) is 1. The Kier molecular flexibility index (Phi) is 5.95. The van der Waals surface area contributed by atoms with Gasteiger partial charge in [0.25, 0.3) is 5.91 Å². The molecule has 1 saturated heterocycles. The van der Waals surface area contributed by atoms with E-state index in [4.69, 9.17) is 10.5 Å². The zero-order valence-electron chi connectivity index (χ0n) is 10.2. The Labute approximate surface area is 113 Å². The Morgan fingerprint density at radius 1 is 1.33 bits per heavy atom. The molecule has 1 aliphatic heterocycles. The Balaban J connectivity index is 0.00000162. The van der Waals surface area contributed by atoms with Gasteiger partial charge in [0.15, 0.2) is 0 Å². The molecule has 0 bridgehead atoms. The van der Waals surface area contributed by atoms with Crippen LogP contribution in [-0.2, 0) is 4.74 Å². The molecule has 0 aliphatic carbocycles. The van der Waals surface area contributed by atoms with Crippen LogP contribution in [0.3, 0.4) is 0 Å². The number of nitrogens with one attached hydrogen (secondary N) is 1. The molecule has 100 valence electrons. The number of carbonyl (C=O) groups is 1. The normalized spacial score (nSPS) is 18.8. The zero-order chi connectivity index (χ0) is 12.1. The zero-order valence-corrected chi connectivity index (χ0v) is 11.0. The molecule has 1 aliphatic rings. The molecule has 5 heteroatoms. The molecule has 18 heavy (non-hydrogen) atoms. The van der Waals surface area contributed by atoms with Crippen molar-refractivity contribution in [1.82, 2.24) is 5.32 Å². The monoisotopic (exact) mass is 270 g/mol. The summed E-state index contributed by atoms with van der Waals surface area (Å²) in [5.41, 5.74) is 6.86. The first-order chi connectivity index (χ1) is 8.25. The van der Waals surface area contributed by atoms with Crippen LogP contribution >= 0.6 is 12.4 Å². The van der Waals surface area contributed by atoms with Gasteiger partial charge in [-0.1, -0.05) is 0 Å². The quantitative estimate of drug-likeness (QED) is 0.826. The Morgan fingerprint density at radius 2 is 2.06 bits per heavy atom. The number of hydrogen-bond donors (Lipinski definition) is 2. The Morgan fingerprint density at radius 3 is 2.67 bits per heavy atom. The number of halogens is 1. The summed E-state index contributed by atoms with van der Waals surface area (Å²) in [5.74, 6) is -0.0702. The molecule has 1 amide bonds. The summed E-state index contributed by atoms with van der Waals surface area (Å²) in [5, 5.41) is 2.88. The van der Waals surface area contributed by atoms with Gasteiger partial charge in [-0.15, -0.1) is 12.4 Å². The lowest BCUT2D eigenvalue weighted by Crippen LogP contribution is -2.35. The predicted molar refractivity (Wildman–Crippen MR) is 74.0 cm³/mol. The maximum Gasteiger partial charge on any atom is 0.251 e. The Bertz CT molecular complexity index is 375. The van der Waals surface area contributed by atoms with E-state index in [0.29, 0.717) is 17.8 Å². The Hall–Kier alpha value is -1.26. The summed E-state index contributed by atoms with van der Waals surface area (Å²) in [6, 6.07) is 6.91. The number of anilines is 1. The maximum atomic E-state index is 11.8. The number of hydrogen-bond acceptors (Lipinski definition) is 3. The van der Waals surface area contributed by atoms with Crippen LogP contribution in [0.15, 0.2) is 24.3 Å². The van der Waals surface area contributed by atoms with Crippen molar-refractivity contribution in [3.05, 3.63) is 29.8 Å². The van der Waals surface area contributed by atoms with E-state index in [1.165, 1.54) is 6.42 Å². The largest absolute Gasteiger partial charge is 0.399 e. The lowest BCUT2D eigenvalue weighted by molar-refractivity contribution is 0.0169. The van der Waals surface area contributed by atoms with Crippen LogP contribution in [0.2, 0.25) is 0 Å². The molecule has 1 heterocycles. The number of nitrogen functional groups attached to an aromatic ring is 1. The number of benzene rings is 1. The third kappa shape index (κ3) is 4.20. The van der Waals surface area contributed by atoms with Gasteiger partial charge in [-0.3, -0.25) is 4.79 Å². The van der Waals surface area contributed by atoms with Crippen LogP contribution in [0.25, 0.3) is 0 Å². The summed E-state index contributed by atoms with van der Waals surface area (Å²) >= 11 is 0. The molecule has 0 spiro atoms. The molecule has 0 saturated carbocycles. The van der Waals surface area contributed by atoms with Gasteiger partial charge in [0.2, 0.25) is 0 Å². The van der Waals surface area contributed by atoms with Gasteiger partial charge in [0.1, 0.15) is 0 Å². The average molecular weight is 271 g/mol. The fourth-order valence-electron chi connectivity index (χ4n) is 1.91. The molecular weight excluding hydrogens is 252 g/mol. The molecule has 3 N–H and O–H groups in total. The van der Waals surface area contributed by atoms with Crippen LogP contribution in [0.1, 0.15) is 29.6 Å². The maximum absolute atomic E-state index is 11.8. The second-order valence-electron chi connectivity index (χ2n) is 4.32. The van der Waals surface area contributed by atoms with E-state index in [0.717, 1.165) is 19.4 Å². The van der Waals surface area contributed by atoms with Crippen molar-refractivity contribution in [2.45, 2.75) is 25.4 Å². The van der Waals surface area contributed by atoms with Crippen molar-refractivity contribution in [3.8, 4) is 0 Å². The molecule has 1 unspecified atom stereocenters. The van der Waals surface area contributed by atoms with E-state index in [2.05, 4.69) is 5.32 Å². The summed E-state index contributed by atoms with van der Waals surface area (Å²) in [6.45, 7) is 1.39. The molecular formula is C13H19ClN2O2. The topological polar surface area (TPSA) is 64.4 Å². The first kappa shape index (κ1) is 14.8. The van der Waals surface area contributed by atoms with E-state index in [9.17, 15) is 4.79 Å². The highest BCUT2D eigenvalue weighted by Gasteiger charge is 2.15. The van der Waals surface area contributed by atoms with Crippen LogP contribution in [0.5, 0.6) is 0 Å². The van der Waals surface area contributed by atoms with Crippen molar-refractivity contribution < 1.29 is 9.53 Å². The van der Waals surface area contributed by atoms with Crippen molar-refractivity contribution in [2.75, 3.05) is 18.9 Å². The lowest BCUT2D eigenvalue weighted by atomic mass is 10.1. The van der Waals surface area contributed by atoms with E-state index >= 15 is 0 Å². The third-order valence-electron chi connectivity index (χ3n) is 2.94. The highest BCUT2D eigenvalue weighted by atomic mass is 35.5. The van der Waals surface area contributed by atoms with Crippen LogP contribution in [0.4, 0.5) is 5.69 Å². The van der Waals surface area contributed by atoms with Crippen LogP contribution < -0.4 is 11.1 Å². The minimum atomic E-state index is -0.0702. The second kappa shape index (κ2) is 7.24. The van der Waals surface area contributed by atoms with Crippen LogP contribution in [0, 0.1) is 0 Å². The van der Waals surface area contributed by atoms with Gasteiger partial charge in [-0.25, -0.2) is 0 Å². The summed E-state index contributed by atoms with van der Waals surface area (Å²) in [7, 11) is 0. The van der Waals surface area contributed by atoms with Crippen molar-refractivity contribution in [2.24, 2.45) is 0 Å². The summed E-state index contributed by atoms with van der Waals surface area (Å²) in [4.78, 5) is 11.8. The summed E-state index contributed by atoms with van der Waals surface area (Å²) in [6.07, 6.45) is 3.51. The predicted octanol–water partition coefficient (Wildman–Crippen LogP) is 1.99. The SMILES string of the molecule is Cl.Nc1ccc(C(=O)NCC2CCCCO2)cc1. The molecule has 0 radical (unpaired) electrons. The van der Waals surface area contributed by atoms with Gasteiger partial charge in [0, 0.05) is 24.4 Å². The molecule has 2 rings (SSSR count). The van der Waals surface area contributed by atoms with E-state index < -0.39 is 0 Å². The van der Waals surface area contributed by atoms with Crippen molar-refractivity contribution in [1.29, 1.82) is 0 Å².